The van der Waals surface area contributed by atoms with Gasteiger partial charge in [-0.05, 0) is 23.6 Å². The second-order valence-corrected chi connectivity index (χ2v) is 5.15. The molecular formula is C14H23NO. The normalized spacial score (nSPS) is 13.8. The van der Waals surface area contributed by atoms with Crippen molar-refractivity contribution in [3.63, 3.8) is 0 Å². The molecule has 1 unspecified atom stereocenters. The molecule has 1 N–H and O–H groups in total. The van der Waals surface area contributed by atoms with Crippen molar-refractivity contribution in [1.82, 2.24) is 5.32 Å². The van der Waals surface area contributed by atoms with E-state index in [1.807, 2.05) is 7.05 Å². The zero-order valence-electron chi connectivity index (χ0n) is 11.0. The van der Waals surface area contributed by atoms with Crippen molar-refractivity contribution in [3.05, 3.63) is 35.4 Å². The predicted octanol–water partition coefficient (Wildman–Crippen LogP) is 2.89. The van der Waals surface area contributed by atoms with E-state index < -0.39 is 0 Å². The van der Waals surface area contributed by atoms with Crippen molar-refractivity contribution in [3.8, 4) is 0 Å². The quantitative estimate of drug-likeness (QED) is 0.844. The van der Waals surface area contributed by atoms with Gasteiger partial charge in [-0.2, -0.15) is 0 Å². The van der Waals surface area contributed by atoms with Crippen LogP contribution in [0.5, 0.6) is 0 Å². The standard InChI is InChI=1S/C14H23NO/c1-14(2,3)12-8-6-11(7-9-12)13(16-5)10-15-4/h6-9,13,15H,10H2,1-5H3. The van der Waals surface area contributed by atoms with Gasteiger partial charge in [0, 0.05) is 13.7 Å². The number of hydrogen-bond acceptors (Lipinski definition) is 2. The highest BCUT2D eigenvalue weighted by Gasteiger charge is 2.14. The maximum Gasteiger partial charge on any atom is 0.0945 e. The third-order valence-corrected chi connectivity index (χ3v) is 2.82. The molecule has 2 nitrogen and oxygen atoms in total. The van der Waals surface area contributed by atoms with Crippen LogP contribution in [0.3, 0.4) is 0 Å². The zero-order chi connectivity index (χ0) is 12.2. The van der Waals surface area contributed by atoms with Crippen LogP contribution in [0.4, 0.5) is 0 Å². The number of nitrogens with one attached hydrogen (secondary N) is 1. The Kier molecular flexibility index (Phi) is 4.51. The van der Waals surface area contributed by atoms with Crippen LogP contribution in [0.25, 0.3) is 0 Å². The number of methoxy groups -OCH3 is 1. The van der Waals surface area contributed by atoms with Crippen LogP contribution in [0, 0.1) is 0 Å². The lowest BCUT2D eigenvalue weighted by Gasteiger charge is -2.21. The van der Waals surface area contributed by atoms with E-state index in [0.717, 1.165) is 6.54 Å². The van der Waals surface area contributed by atoms with E-state index in [1.165, 1.54) is 11.1 Å². The summed E-state index contributed by atoms with van der Waals surface area (Å²) < 4.78 is 5.44. The highest BCUT2D eigenvalue weighted by Crippen LogP contribution is 2.24. The number of likely N-dealkylation sites (N-methyl/N-ethyl adjacent to an activating group) is 1. The van der Waals surface area contributed by atoms with Crippen LogP contribution < -0.4 is 5.32 Å². The van der Waals surface area contributed by atoms with E-state index in [2.05, 4.69) is 50.4 Å². The summed E-state index contributed by atoms with van der Waals surface area (Å²) in [5.41, 5.74) is 2.80. The first-order valence-electron chi connectivity index (χ1n) is 5.77. The Hall–Kier alpha value is -0.860. The maximum atomic E-state index is 5.44. The van der Waals surface area contributed by atoms with Crippen LogP contribution in [-0.2, 0) is 10.2 Å². The summed E-state index contributed by atoms with van der Waals surface area (Å²) in [6.07, 6.45) is 0.138. The monoisotopic (exact) mass is 221 g/mol. The summed E-state index contributed by atoms with van der Waals surface area (Å²) in [6.45, 7) is 7.52. The van der Waals surface area contributed by atoms with Crippen molar-refractivity contribution in [2.45, 2.75) is 32.3 Å². The first-order valence-corrected chi connectivity index (χ1v) is 5.77. The fourth-order valence-corrected chi connectivity index (χ4v) is 1.72. The molecule has 1 aromatic carbocycles. The van der Waals surface area contributed by atoms with E-state index in [-0.39, 0.29) is 11.5 Å². The van der Waals surface area contributed by atoms with Gasteiger partial charge in [0.1, 0.15) is 0 Å². The number of benzene rings is 1. The van der Waals surface area contributed by atoms with Crippen LogP contribution in [0.2, 0.25) is 0 Å². The molecule has 1 atom stereocenters. The predicted molar refractivity (Wildman–Crippen MR) is 68.8 cm³/mol. The molecule has 1 aromatic rings. The Balaban J connectivity index is 2.85. The van der Waals surface area contributed by atoms with Gasteiger partial charge in [0.25, 0.3) is 0 Å². The van der Waals surface area contributed by atoms with E-state index in [0.29, 0.717) is 0 Å². The third-order valence-electron chi connectivity index (χ3n) is 2.82. The summed E-state index contributed by atoms with van der Waals surface area (Å²) >= 11 is 0. The molecular weight excluding hydrogens is 198 g/mol. The average Bonchev–Trinajstić information content (AvgIpc) is 2.25. The SMILES string of the molecule is CNCC(OC)c1ccc(C(C)(C)C)cc1. The van der Waals surface area contributed by atoms with Crippen molar-refractivity contribution >= 4 is 0 Å². The summed E-state index contributed by atoms with van der Waals surface area (Å²) in [7, 11) is 3.69. The summed E-state index contributed by atoms with van der Waals surface area (Å²) in [4.78, 5) is 0. The molecule has 0 fully saturated rings. The summed E-state index contributed by atoms with van der Waals surface area (Å²) in [6, 6.07) is 8.70. The highest BCUT2D eigenvalue weighted by molar-refractivity contribution is 5.28. The molecule has 0 aliphatic rings. The largest absolute Gasteiger partial charge is 0.375 e. The van der Waals surface area contributed by atoms with E-state index >= 15 is 0 Å². The number of hydrogen-bond donors (Lipinski definition) is 1. The molecule has 0 bridgehead atoms. The van der Waals surface area contributed by atoms with Gasteiger partial charge in [-0.15, -0.1) is 0 Å². The van der Waals surface area contributed by atoms with Crippen LogP contribution in [0.1, 0.15) is 38.0 Å². The van der Waals surface area contributed by atoms with Crippen LogP contribution >= 0.6 is 0 Å². The molecule has 1 rings (SSSR count). The molecule has 0 aliphatic heterocycles. The molecule has 90 valence electrons. The fraction of sp³-hybridized carbons (Fsp3) is 0.571. The Morgan fingerprint density at radius 2 is 1.75 bits per heavy atom. The first-order chi connectivity index (χ1) is 7.49. The fourth-order valence-electron chi connectivity index (χ4n) is 1.72. The van der Waals surface area contributed by atoms with Gasteiger partial charge in [-0.3, -0.25) is 0 Å². The second kappa shape index (κ2) is 5.46. The van der Waals surface area contributed by atoms with Crippen LogP contribution in [0.15, 0.2) is 24.3 Å². The first kappa shape index (κ1) is 13.2. The smallest absolute Gasteiger partial charge is 0.0945 e. The molecule has 0 aliphatic carbocycles. The number of rotatable bonds is 4. The molecule has 16 heavy (non-hydrogen) atoms. The summed E-state index contributed by atoms with van der Waals surface area (Å²) in [5.74, 6) is 0. The third kappa shape index (κ3) is 3.32. The lowest BCUT2D eigenvalue weighted by molar-refractivity contribution is 0.104. The Labute approximate surface area is 99.0 Å². The highest BCUT2D eigenvalue weighted by atomic mass is 16.5. The van der Waals surface area contributed by atoms with Crippen molar-refractivity contribution in [2.24, 2.45) is 0 Å². The van der Waals surface area contributed by atoms with E-state index in [9.17, 15) is 0 Å². The molecule has 0 radical (unpaired) electrons. The molecule has 0 spiro atoms. The lowest BCUT2D eigenvalue weighted by atomic mass is 9.86. The van der Waals surface area contributed by atoms with Crippen molar-refractivity contribution < 1.29 is 4.74 Å². The maximum absolute atomic E-state index is 5.44. The van der Waals surface area contributed by atoms with Crippen LogP contribution in [-0.4, -0.2) is 20.7 Å². The van der Waals surface area contributed by atoms with Gasteiger partial charge in [0.05, 0.1) is 6.10 Å². The minimum atomic E-state index is 0.138. The average molecular weight is 221 g/mol. The molecule has 2 heteroatoms. The van der Waals surface area contributed by atoms with Gasteiger partial charge < -0.3 is 10.1 Å². The van der Waals surface area contributed by atoms with Gasteiger partial charge in [-0.25, -0.2) is 0 Å². The van der Waals surface area contributed by atoms with Gasteiger partial charge in [0.15, 0.2) is 0 Å². The van der Waals surface area contributed by atoms with Crippen molar-refractivity contribution in [1.29, 1.82) is 0 Å². The van der Waals surface area contributed by atoms with Gasteiger partial charge in [-0.1, -0.05) is 45.0 Å². The van der Waals surface area contributed by atoms with E-state index in [1.54, 1.807) is 7.11 Å². The van der Waals surface area contributed by atoms with E-state index in [4.69, 9.17) is 4.74 Å². The Morgan fingerprint density at radius 1 is 1.19 bits per heavy atom. The molecule has 0 heterocycles. The topological polar surface area (TPSA) is 21.3 Å². The number of ether oxygens (including phenoxy) is 1. The second-order valence-electron chi connectivity index (χ2n) is 5.15. The Morgan fingerprint density at radius 3 is 2.12 bits per heavy atom. The molecule has 0 saturated carbocycles. The van der Waals surface area contributed by atoms with Gasteiger partial charge >= 0.3 is 0 Å². The summed E-state index contributed by atoms with van der Waals surface area (Å²) in [5, 5.41) is 3.14. The van der Waals surface area contributed by atoms with Gasteiger partial charge in [0.2, 0.25) is 0 Å². The minimum absolute atomic E-state index is 0.138. The zero-order valence-corrected chi connectivity index (χ0v) is 11.0. The lowest BCUT2D eigenvalue weighted by Crippen LogP contribution is -2.19. The Bertz CT molecular complexity index is 311. The molecule has 0 aromatic heterocycles. The minimum Gasteiger partial charge on any atom is -0.375 e. The molecule has 0 saturated heterocycles. The molecule has 0 amide bonds. The van der Waals surface area contributed by atoms with Crippen molar-refractivity contribution in [2.75, 3.05) is 20.7 Å².